The maximum Gasteiger partial charge on any atom is 0.233 e. The number of hydrogen-bond acceptors (Lipinski definition) is 5. The maximum absolute atomic E-state index is 12.7. The van der Waals surface area contributed by atoms with Gasteiger partial charge in [0.25, 0.3) is 0 Å². The molecule has 0 saturated heterocycles. The van der Waals surface area contributed by atoms with Crippen molar-refractivity contribution in [2.45, 2.75) is 82.3 Å². The van der Waals surface area contributed by atoms with Crippen LogP contribution in [0.1, 0.15) is 66.3 Å². The normalized spacial score (nSPS) is 25.9. The molecule has 2 heterocycles. The van der Waals surface area contributed by atoms with E-state index in [1.54, 1.807) is 11.3 Å². The zero-order valence-electron chi connectivity index (χ0n) is 18.0. The number of fused-ring (bicyclic) bond motifs is 2. The van der Waals surface area contributed by atoms with Crippen molar-refractivity contribution in [3.63, 3.8) is 0 Å². The molecule has 2 bridgehead atoms. The molecule has 5 nitrogen and oxygen atoms in total. The number of rotatable bonds is 6. The van der Waals surface area contributed by atoms with Gasteiger partial charge in [0, 0.05) is 11.6 Å². The summed E-state index contributed by atoms with van der Waals surface area (Å²) in [5.74, 6) is 3.40. The first-order chi connectivity index (χ1) is 13.7. The molecule has 0 aliphatic heterocycles. The Morgan fingerprint density at radius 2 is 2.07 bits per heavy atom. The summed E-state index contributed by atoms with van der Waals surface area (Å²) < 4.78 is 2.32. The Morgan fingerprint density at radius 1 is 1.28 bits per heavy atom. The molecule has 0 radical (unpaired) electrons. The van der Waals surface area contributed by atoms with Gasteiger partial charge in [0.1, 0.15) is 0 Å². The molecule has 0 aromatic carbocycles. The summed E-state index contributed by atoms with van der Waals surface area (Å²) >= 11 is 3.23. The second-order valence-electron chi connectivity index (χ2n) is 9.73. The number of thiophene rings is 1. The highest BCUT2D eigenvalue weighted by atomic mass is 32.2. The van der Waals surface area contributed by atoms with Crippen molar-refractivity contribution < 1.29 is 4.79 Å². The van der Waals surface area contributed by atoms with E-state index in [-0.39, 0.29) is 16.7 Å². The molecule has 1 amide bonds. The molecule has 0 spiro atoms. The largest absolute Gasteiger partial charge is 0.351 e. The van der Waals surface area contributed by atoms with E-state index in [4.69, 9.17) is 0 Å². The van der Waals surface area contributed by atoms with Gasteiger partial charge in [-0.15, -0.1) is 21.5 Å². The lowest BCUT2D eigenvalue weighted by molar-refractivity contribution is -0.121. The van der Waals surface area contributed by atoms with Crippen LogP contribution >= 0.6 is 23.1 Å². The number of amides is 1. The standard InChI is InChI=1S/C22H32N4OS2/c1-13(17-12-15-8-9-16(17)11-15)26-19(18-7-6-10-28-18)24-25-21(26)29-14(2)20(27)23-22(3,4)5/h6-7,10,13-17H,8-9,11-12H2,1-5H3,(H,23,27). The van der Waals surface area contributed by atoms with E-state index in [0.29, 0.717) is 12.0 Å². The van der Waals surface area contributed by atoms with Gasteiger partial charge in [0.15, 0.2) is 11.0 Å². The highest BCUT2D eigenvalue weighted by Gasteiger charge is 2.43. The van der Waals surface area contributed by atoms with Gasteiger partial charge in [-0.2, -0.15) is 0 Å². The van der Waals surface area contributed by atoms with Crippen molar-refractivity contribution in [3.8, 4) is 10.7 Å². The molecule has 2 aromatic rings. The number of nitrogens with zero attached hydrogens (tertiary/aromatic N) is 3. The molecule has 2 aromatic heterocycles. The van der Waals surface area contributed by atoms with Crippen LogP contribution < -0.4 is 5.32 Å². The van der Waals surface area contributed by atoms with Gasteiger partial charge >= 0.3 is 0 Å². The Hall–Kier alpha value is -1.34. The summed E-state index contributed by atoms with van der Waals surface area (Å²) in [5.41, 5.74) is -0.238. The average Bonchev–Trinajstić information content (AvgIpc) is 3.42. The molecule has 5 unspecified atom stereocenters. The Morgan fingerprint density at radius 3 is 2.66 bits per heavy atom. The molecule has 7 heteroatoms. The lowest BCUT2D eigenvalue weighted by Gasteiger charge is -2.30. The predicted molar refractivity (Wildman–Crippen MR) is 120 cm³/mol. The molecule has 29 heavy (non-hydrogen) atoms. The van der Waals surface area contributed by atoms with E-state index >= 15 is 0 Å². The maximum atomic E-state index is 12.7. The van der Waals surface area contributed by atoms with Gasteiger partial charge in [-0.25, -0.2) is 0 Å². The summed E-state index contributed by atoms with van der Waals surface area (Å²) in [7, 11) is 0. The minimum absolute atomic E-state index is 0.0438. The molecular formula is C22H32N4OS2. The van der Waals surface area contributed by atoms with Gasteiger partial charge in [0.2, 0.25) is 5.91 Å². The Bertz CT molecular complexity index is 855. The second kappa shape index (κ2) is 8.06. The van der Waals surface area contributed by atoms with Crippen LogP contribution in [0.15, 0.2) is 22.7 Å². The van der Waals surface area contributed by atoms with Crippen LogP contribution in [0.2, 0.25) is 0 Å². The van der Waals surface area contributed by atoms with Crippen LogP contribution in [0.25, 0.3) is 10.7 Å². The predicted octanol–water partition coefficient (Wildman–Crippen LogP) is 5.40. The third kappa shape index (κ3) is 4.41. The molecular weight excluding hydrogens is 400 g/mol. The van der Waals surface area contributed by atoms with Crippen molar-refractivity contribution in [1.82, 2.24) is 20.1 Å². The second-order valence-corrected chi connectivity index (χ2v) is 12.0. The third-order valence-electron chi connectivity index (χ3n) is 6.38. The van der Waals surface area contributed by atoms with E-state index in [2.05, 4.69) is 44.5 Å². The van der Waals surface area contributed by atoms with E-state index in [1.165, 1.54) is 37.4 Å². The van der Waals surface area contributed by atoms with Crippen LogP contribution in [0.3, 0.4) is 0 Å². The lowest BCUT2D eigenvalue weighted by atomic mass is 9.84. The molecule has 158 valence electrons. The first-order valence-electron chi connectivity index (χ1n) is 10.7. The zero-order valence-corrected chi connectivity index (χ0v) is 19.6. The number of hydrogen-bond donors (Lipinski definition) is 1. The topological polar surface area (TPSA) is 59.8 Å². The van der Waals surface area contributed by atoms with E-state index in [9.17, 15) is 4.79 Å². The van der Waals surface area contributed by atoms with Gasteiger partial charge < -0.3 is 5.32 Å². The van der Waals surface area contributed by atoms with Gasteiger partial charge in [-0.3, -0.25) is 9.36 Å². The summed E-state index contributed by atoms with van der Waals surface area (Å²) in [6.07, 6.45) is 5.47. The third-order valence-corrected chi connectivity index (χ3v) is 8.30. The van der Waals surface area contributed by atoms with Crippen molar-refractivity contribution in [3.05, 3.63) is 17.5 Å². The first-order valence-corrected chi connectivity index (χ1v) is 12.5. The zero-order chi connectivity index (χ0) is 20.8. The number of thioether (sulfide) groups is 1. The van der Waals surface area contributed by atoms with Crippen molar-refractivity contribution >= 4 is 29.0 Å². The quantitative estimate of drug-likeness (QED) is 0.621. The molecule has 5 atom stereocenters. The van der Waals surface area contributed by atoms with Crippen molar-refractivity contribution in [2.75, 3.05) is 0 Å². The number of carbonyl (C=O) groups is 1. The van der Waals surface area contributed by atoms with E-state index in [1.807, 2.05) is 27.7 Å². The highest BCUT2D eigenvalue weighted by Crippen LogP contribution is 2.53. The Kier molecular flexibility index (Phi) is 5.81. The average molecular weight is 433 g/mol. The van der Waals surface area contributed by atoms with Gasteiger partial charge in [0.05, 0.1) is 10.1 Å². The van der Waals surface area contributed by atoms with Crippen molar-refractivity contribution in [1.29, 1.82) is 0 Å². The Labute approximate surface area is 182 Å². The van der Waals surface area contributed by atoms with Gasteiger partial charge in [-0.1, -0.05) is 24.2 Å². The summed E-state index contributed by atoms with van der Waals surface area (Å²) in [5, 5.41) is 14.9. The fourth-order valence-corrected chi connectivity index (χ4v) is 6.70. The number of nitrogens with one attached hydrogen (secondary N) is 1. The Balaban J connectivity index is 1.61. The molecule has 2 saturated carbocycles. The smallest absolute Gasteiger partial charge is 0.233 e. The van der Waals surface area contributed by atoms with Gasteiger partial charge in [-0.05, 0) is 83.1 Å². The minimum atomic E-state index is -0.238. The fraction of sp³-hybridized carbons (Fsp3) is 0.682. The summed E-state index contributed by atoms with van der Waals surface area (Å²) in [6.45, 7) is 10.3. The first kappa shape index (κ1) is 20.9. The van der Waals surface area contributed by atoms with Crippen LogP contribution in [0.4, 0.5) is 0 Å². The highest BCUT2D eigenvalue weighted by molar-refractivity contribution is 8.00. The van der Waals surface area contributed by atoms with E-state index < -0.39 is 0 Å². The fourth-order valence-electron chi connectivity index (χ4n) is 5.06. The van der Waals surface area contributed by atoms with Crippen LogP contribution in [-0.4, -0.2) is 31.5 Å². The van der Waals surface area contributed by atoms with E-state index in [0.717, 1.165) is 27.7 Å². The molecule has 2 aliphatic carbocycles. The molecule has 4 rings (SSSR count). The number of carbonyl (C=O) groups excluding carboxylic acids is 1. The van der Waals surface area contributed by atoms with Crippen LogP contribution in [0, 0.1) is 17.8 Å². The molecule has 2 aliphatic rings. The molecule has 2 fully saturated rings. The SMILES string of the molecule is CC(Sc1nnc(-c2cccs2)n1C(C)C1CC2CCC1C2)C(=O)NC(C)(C)C. The number of aromatic nitrogens is 3. The monoisotopic (exact) mass is 432 g/mol. The lowest BCUT2D eigenvalue weighted by Crippen LogP contribution is -2.44. The van der Waals surface area contributed by atoms with Crippen LogP contribution in [-0.2, 0) is 4.79 Å². The summed E-state index contributed by atoms with van der Waals surface area (Å²) in [4.78, 5) is 13.8. The van der Waals surface area contributed by atoms with Crippen molar-refractivity contribution in [2.24, 2.45) is 17.8 Å². The molecule has 1 N–H and O–H groups in total. The minimum Gasteiger partial charge on any atom is -0.351 e. The summed E-state index contributed by atoms with van der Waals surface area (Å²) in [6, 6.07) is 4.52. The van der Waals surface area contributed by atoms with Crippen LogP contribution in [0.5, 0.6) is 0 Å².